The molecule has 0 saturated carbocycles. The van der Waals surface area contributed by atoms with Crippen LogP contribution < -0.4 is 5.32 Å². The van der Waals surface area contributed by atoms with Gasteiger partial charge in [0.05, 0.1) is 0 Å². The van der Waals surface area contributed by atoms with Crippen LogP contribution in [0, 0.1) is 12.7 Å². The van der Waals surface area contributed by atoms with Crippen molar-refractivity contribution in [3.63, 3.8) is 0 Å². The smallest absolute Gasteiger partial charge is 0.123 e. The van der Waals surface area contributed by atoms with Gasteiger partial charge >= 0.3 is 0 Å². The summed E-state index contributed by atoms with van der Waals surface area (Å²) in [4.78, 5) is 2.35. The van der Waals surface area contributed by atoms with E-state index in [1.165, 1.54) is 25.5 Å². The first-order valence-electron chi connectivity index (χ1n) is 6.32. The van der Waals surface area contributed by atoms with Gasteiger partial charge in [0, 0.05) is 19.1 Å². The van der Waals surface area contributed by atoms with Crippen LogP contribution in [-0.4, -0.2) is 31.1 Å². The van der Waals surface area contributed by atoms with Gasteiger partial charge < -0.3 is 10.2 Å². The van der Waals surface area contributed by atoms with E-state index in [0.29, 0.717) is 6.04 Å². The van der Waals surface area contributed by atoms with Crippen LogP contribution in [0.1, 0.15) is 24.0 Å². The number of likely N-dealkylation sites (N-methyl/N-ethyl adjacent to an activating group) is 1. The maximum atomic E-state index is 13.1. The van der Waals surface area contributed by atoms with Crippen molar-refractivity contribution in [3.8, 4) is 0 Å². The third-order valence-electron chi connectivity index (χ3n) is 3.52. The maximum absolute atomic E-state index is 13.1. The molecular formula is C14H21FN2. The second-order valence-electron chi connectivity index (χ2n) is 5.05. The fourth-order valence-electron chi connectivity index (χ4n) is 2.42. The van der Waals surface area contributed by atoms with Crippen LogP contribution >= 0.6 is 0 Å². The summed E-state index contributed by atoms with van der Waals surface area (Å²) in [6, 6.07) is 5.54. The summed E-state index contributed by atoms with van der Waals surface area (Å²) < 4.78 is 13.1. The minimum atomic E-state index is -0.145. The highest BCUT2D eigenvalue weighted by Gasteiger charge is 2.16. The molecule has 1 atom stereocenters. The summed E-state index contributed by atoms with van der Waals surface area (Å²) >= 11 is 0. The van der Waals surface area contributed by atoms with Gasteiger partial charge in [-0.3, -0.25) is 0 Å². The Bertz CT molecular complexity index is 378. The largest absolute Gasteiger partial charge is 0.309 e. The Kier molecular flexibility index (Phi) is 4.13. The Morgan fingerprint density at radius 3 is 3.06 bits per heavy atom. The minimum absolute atomic E-state index is 0.145. The third-order valence-corrected chi connectivity index (χ3v) is 3.52. The van der Waals surface area contributed by atoms with Crippen LogP contribution in [0.2, 0.25) is 0 Å². The highest BCUT2D eigenvalue weighted by atomic mass is 19.1. The van der Waals surface area contributed by atoms with E-state index in [4.69, 9.17) is 0 Å². The first kappa shape index (κ1) is 12.5. The van der Waals surface area contributed by atoms with Gasteiger partial charge in [0.25, 0.3) is 0 Å². The van der Waals surface area contributed by atoms with E-state index in [9.17, 15) is 4.39 Å². The number of nitrogens with zero attached hydrogens (tertiary/aromatic N) is 1. The van der Waals surface area contributed by atoms with Gasteiger partial charge in [-0.2, -0.15) is 0 Å². The van der Waals surface area contributed by atoms with Crippen molar-refractivity contribution in [2.45, 2.75) is 32.4 Å². The van der Waals surface area contributed by atoms with Gasteiger partial charge in [-0.15, -0.1) is 0 Å². The van der Waals surface area contributed by atoms with Crippen molar-refractivity contribution in [3.05, 3.63) is 35.1 Å². The van der Waals surface area contributed by atoms with Crippen LogP contribution in [0.3, 0.4) is 0 Å². The van der Waals surface area contributed by atoms with Crippen LogP contribution in [-0.2, 0) is 6.54 Å². The molecule has 2 nitrogen and oxygen atoms in total. The molecule has 94 valence electrons. The summed E-state index contributed by atoms with van der Waals surface area (Å²) in [6.07, 6.45) is 2.47. The number of nitrogens with one attached hydrogen (secondary N) is 1. The Morgan fingerprint density at radius 2 is 2.29 bits per heavy atom. The highest BCUT2D eigenvalue weighted by Crippen LogP contribution is 2.12. The molecule has 0 spiro atoms. The molecular weight excluding hydrogens is 215 g/mol. The Morgan fingerprint density at radius 1 is 1.47 bits per heavy atom. The fourth-order valence-corrected chi connectivity index (χ4v) is 2.42. The van der Waals surface area contributed by atoms with E-state index in [0.717, 1.165) is 24.2 Å². The van der Waals surface area contributed by atoms with Crippen molar-refractivity contribution in [2.75, 3.05) is 20.1 Å². The Hall–Kier alpha value is -0.930. The van der Waals surface area contributed by atoms with E-state index >= 15 is 0 Å². The minimum Gasteiger partial charge on any atom is -0.309 e. The molecule has 1 fully saturated rings. The summed E-state index contributed by atoms with van der Waals surface area (Å²) in [5.74, 6) is -0.145. The van der Waals surface area contributed by atoms with E-state index in [1.807, 2.05) is 13.0 Å². The molecule has 0 radical (unpaired) electrons. The third kappa shape index (κ3) is 3.51. The van der Waals surface area contributed by atoms with Crippen LogP contribution in [0.4, 0.5) is 4.39 Å². The molecule has 0 amide bonds. The van der Waals surface area contributed by atoms with Crippen LogP contribution in [0.25, 0.3) is 0 Å². The van der Waals surface area contributed by atoms with E-state index in [2.05, 4.69) is 17.3 Å². The molecule has 1 aromatic carbocycles. The quantitative estimate of drug-likeness (QED) is 0.866. The lowest BCUT2D eigenvalue weighted by molar-refractivity contribution is 0.226. The average Bonchev–Trinajstić information content (AvgIpc) is 2.30. The van der Waals surface area contributed by atoms with Gasteiger partial charge in [-0.25, -0.2) is 4.39 Å². The first-order chi connectivity index (χ1) is 8.15. The SMILES string of the molecule is Cc1ccc(F)cc1CNC1CCCN(C)C1. The van der Waals surface area contributed by atoms with Crippen molar-refractivity contribution in [1.82, 2.24) is 10.2 Å². The standard InChI is InChI=1S/C14H21FN2/c1-11-5-6-13(15)8-12(11)9-16-14-4-3-7-17(2)10-14/h5-6,8,14,16H,3-4,7,9-10H2,1-2H3. The lowest BCUT2D eigenvalue weighted by Crippen LogP contribution is -2.43. The summed E-state index contributed by atoms with van der Waals surface area (Å²) in [6.45, 7) is 5.08. The molecule has 0 aromatic heterocycles. The first-order valence-corrected chi connectivity index (χ1v) is 6.32. The topological polar surface area (TPSA) is 15.3 Å². The molecule has 1 heterocycles. The molecule has 17 heavy (non-hydrogen) atoms. The van der Waals surface area contributed by atoms with Gasteiger partial charge in [-0.1, -0.05) is 6.07 Å². The lowest BCUT2D eigenvalue weighted by atomic mass is 10.0. The van der Waals surface area contributed by atoms with Crippen LogP contribution in [0.5, 0.6) is 0 Å². The Labute approximate surface area is 103 Å². The van der Waals surface area contributed by atoms with Gasteiger partial charge in [0.15, 0.2) is 0 Å². The number of benzene rings is 1. The maximum Gasteiger partial charge on any atom is 0.123 e. The van der Waals surface area contributed by atoms with E-state index in [-0.39, 0.29) is 5.82 Å². The lowest BCUT2D eigenvalue weighted by Gasteiger charge is -2.30. The number of likely N-dealkylation sites (tertiary alicyclic amines) is 1. The summed E-state index contributed by atoms with van der Waals surface area (Å²) in [5.41, 5.74) is 2.22. The number of halogens is 1. The second kappa shape index (κ2) is 5.61. The molecule has 1 N–H and O–H groups in total. The molecule has 3 heteroatoms. The monoisotopic (exact) mass is 236 g/mol. The fraction of sp³-hybridized carbons (Fsp3) is 0.571. The highest BCUT2D eigenvalue weighted by molar-refractivity contribution is 5.26. The summed E-state index contributed by atoms with van der Waals surface area (Å²) in [5, 5.41) is 3.53. The predicted molar refractivity (Wildman–Crippen MR) is 68.5 cm³/mol. The Balaban J connectivity index is 1.90. The van der Waals surface area contributed by atoms with E-state index in [1.54, 1.807) is 6.07 Å². The van der Waals surface area contributed by atoms with Crippen molar-refractivity contribution >= 4 is 0 Å². The van der Waals surface area contributed by atoms with Crippen molar-refractivity contribution in [1.29, 1.82) is 0 Å². The molecule has 1 saturated heterocycles. The normalized spacial score (nSPS) is 21.7. The number of piperidine rings is 1. The molecule has 1 aliphatic heterocycles. The zero-order chi connectivity index (χ0) is 12.3. The second-order valence-corrected chi connectivity index (χ2v) is 5.05. The zero-order valence-corrected chi connectivity index (χ0v) is 10.7. The average molecular weight is 236 g/mol. The van der Waals surface area contributed by atoms with Gasteiger partial charge in [0.2, 0.25) is 0 Å². The molecule has 0 bridgehead atoms. The molecule has 0 aliphatic carbocycles. The molecule has 1 aliphatic rings. The zero-order valence-electron chi connectivity index (χ0n) is 10.7. The molecule has 1 aromatic rings. The molecule has 1 unspecified atom stereocenters. The number of rotatable bonds is 3. The van der Waals surface area contributed by atoms with Crippen molar-refractivity contribution < 1.29 is 4.39 Å². The van der Waals surface area contributed by atoms with Gasteiger partial charge in [0.1, 0.15) is 5.82 Å². The van der Waals surface area contributed by atoms with E-state index < -0.39 is 0 Å². The molecule has 2 rings (SSSR count). The predicted octanol–water partition coefficient (Wildman–Crippen LogP) is 2.32. The number of hydrogen-bond acceptors (Lipinski definition) is 2. The number of hydrogen-bond donors (Lipinski definition) is 1. The number of aryl methyl sites for hydroxylation is 1. The van der Waals surface area contributed by atoms with Crippen molar-refractivity contribution in [2.24, 2.45) is 0 Å². The summed E-state index contributed by atoms with van der Waals surface area (Å²) in [7, 11) is 2.15. The van der Waals surface area contributed by atoms with Crippen LogP contribution in [0.15, 0.2) is 18.2 Å². The van der Waals surface area contributed by atoms with Gasteiger partial charge in [-0.05, 0) is 56.6 Å².